The van der Waals surface area contributed by atoms with Crippen molar-refractivity contribution in [1.82, 2.24) is 10.6 Å². The quantitative estimate of drug-likeness (QED) is 0.616. The Balaban J connectivity index is 1.33. The molecule has 1 saturated heterocycles. The average molecular weight is 368 g/mol. The molecule has 2 amide bonds. The van der Waals surface area contributed by atoms with E-state index in [2.05, 4.69) is 21.3 Å². The van der Waals surface area contributed by atoms with E-state index in [1.54, 1.807) is 0 Å². The summed E-state index contributed by atoms with van der Waals surface area (Å²) in [5.41, 5.74) is 2.68. The lowest BCUT2D eigenvalue weighted by molar-refractivity contribution is -0.127. The molecule has 1 aromatic rings. The summed E-state index contributed by atoms with van der Waals surface area (Å²) in [4.78, 5) is 24.8. The number of hydrogen-bond acceptors (Lipinski definition) is 4. The van der Waals surface area contributed by atoms with Crippen LogP contribution in [0, 0.1) is 5.92 Å². The number of para-hydroxylation sites is 1. The highest BCUT2D eigenvalue weighted by atomic mass is 16.2. The fraction of sp³-hybridized carbons (Fsp3) is 0.524. The standard InChI is InChI=1S/C21H28N4O2/c26-18(24-16-9-1-5-14-7-3-11-22-20(14)16)13-19(27)25-17-10-2-6-15-8-4-12-23-21(15)17/h1,3,5,7,9,15,17,21-23H,2,4,6,8,10-13H2,(H,24,26)(H,25,27). The van der Waals surface area contributed by atoms with Crippen LogP contribution in [-0.2, 0) is 9.59 Å². The molecule has 1 aromatic carbocycles. The summed E-state index contributed by atoms with van der Waals surface area (Å²) in [6.45, 7) is 1.76. The Bertz CT molecular complexity index is 744. The van der Waals surface area contributed by atoms with Gasteiger partial charge >= 0.3 is 0 Å². The molecule has 2 fully saturated rings. The molecule has 0 spiro atoms. The first-order valence-electron chi connectivity index (χ1n) is 10.1. The van der Waals surface area contributed by atoms with Gasteiger partial charge in [0.15, 0.2) is 0 Å². The van der Waals surface area contributed by atoms with Crippen LogP contribution in [0.3, 0.4) is 0 Å². The second-order valence-electron chi connectivity index (χ2n) is 7.77. The Labute approximate surface area is 160 Å². The molecular formula is C21H28N4O2. The summed E-state index contributed by atoms with van der Waals surface area (Å²) in [5, 5.41) is 12.8. The van der Waals surface area contributed by atoms with Crippen molar-refractivity contribution in [2.45, 2.75) is 50.6 Å². The van der Waals surface area contributed by atoms with Crippen LogP contribution in [0.4, 0.5) is 11.4 Å². The van der Waals surface area contributed by atoms with Gasteiger partial charge in [-0.05, 0) is 49.8 Å². The molecule has 0 aromatic heterocycles. The van der Waals surface area contributed by atoms with E-state index in [1.807, 2.05) is 30.4 Å². The van der Waals surface area contributed by atoms with Gasteiger partial charge in [-0.2, -0.15) is 0 Å². The van der Waals surface area contributed by atoms with Crippen molar-refractivity contribution in [1.29, 1.82) is 0 Å². The lowest BCUT2D eigenvalue weighted by atomic mass is 9.76. The van der Waals surface area contributed by atoms with Crippen LogP contribution < -0.4 is 21.3 Å². The topological polar surface area (TPSA) is 82.3 Å². The Hall–Kier alpha value is -2.34. The van der Waals surface area contributed by atoms with Gasteiger partial charge in [-0.1, -0.05) is 30.7 Å². The number of nitrogens with one attached hydrogen (secondary N) is 4. The number of piperidine rings is 1. The number of hydrogen-bond donors (Lipinski definition) is 4. The highest BCUT2D eigenvalue weighted by Crippen LogP contribution is 2.31. The number of rotatable bonds is 4. The maximum absolute atomic E-state index is 12.4. The molecule has 6 heteroatoms. The van der Waals surface area contributed by atoms with Crippen molar-refractivity contribution in [2.24, 2.45) is 5.92 Å². The summed E-state index contributed by atoms with van der Waals surface area (Å²) < 4.78 is 0. The molecule has 144 valence electrons. The van der Waals surface area contributed by atoms with Gasteiger partial charge in [0, 0.05) is 18.6 Å². The first kappa shape index (κ1) is 18.0. The average Bonchev–Trinajstić information content (AvgIpc) is 2.68. The third-order valence-electron chi connectivity index (χ3n) is 5.90. The number of anilines is 2. The lowest BCUT2D eigenvalue weighted by Gasteiger charge is -2.42. The van der Waals surface area contributed by atoms with E-state index in [0.717, 1.165) is 42.9 Å². The predicted octanol–water partition coefficient (Wildman–Crippen LogP) is 2.49. The summed E-state index contributed by atoms with van der Waals surface area (Å²) in [5.74, 6) is 0.186. The number of carbonyl (C=O) groups excluding carboxylic acids is 2. The van der Waals surface area contributed by atoms with Crippen LogP contribution in [0.1, 0.15) is 44.1 Å². The Kier molecular flexibility index (Phi) is 5.43. The smallest absolute Gasteiger partial charge is 0.233 e. The maximum atomic E-state index is 12.4. The molecular weight excluding hydrogens is 340 g/mol. The summed E-state index contributed by atoms with van der Waals surface area (Å²) in [6, 6.07) is 6.26. The molecule has 27 heavy (non-hydrogen) atoms. The van der Waals surface area contributed by atoms with Gasteiger partial charge in [0.2, 0.25) is 11.8 Å². The maximum Gasteiger partial charge on any atom is 0.233 e. The lowest BCUT2D eigenvalue weighted by Crippen LogP contribution is -2.57. The highest BCUT2D eigenvalue weighted by Gasteiger charge is 2.35. The largest absolute Gasteiger partial charge is 0.379 e. The number of fused-ring (bicyclic) bond motifs is 2. The summed E-state index contributed by atoms with van der Waals surface area (Å²) in [6.07, 6.45) is 9.76. The van der Waals surface area contributed by atoms with Gasteiger partial charge in [0.05, 0.1) is 11.4 Å². The van der Waals surface area contributed by atoms with Gasteiger partial charge in [0.25, 0.3) is 0 Å². The van der Waals surface area contributed by atoms with Crippen molar-refractivity contribution in [3.05, 3.63) is 29.8 Å². The zero-order chi connectivity index (χ0) is 18.6. The molecule has 3 atom stereocenters. The van der Waals surface area contributed by atoms with Crippen LogP contribution in [-0.4, -0.2) is 37.0 Å². The van der Waals surface area contributed by atoms with Crippen LogP contribution in [0.25, 0.3) is 6.08 Å². The summed E-state index contributed by atoms with van der Waals surface area (Å²) in [7, 11) is 0. The van der Waals surface area contributed by atoms with E-state index in [1.165, 1.54) is 19.3 Å². The molecule has 4 rings (SSSR count). The highest BCUT2D eigenvalue weighted by molar-refractivity contribution is 6.05. The third-order valence-corrected chi connectivity index (χ3v) is 5.90. The molecule has 3 unspecified atom stereocenters. The fourth-order valence-electron chi connectivity index (χ4n) is 4.67. The van der Waals surface area contributed by atoms with Crippen molar-refractivity contribution >= 4 is 29.3 Å². The molecule has 1 aliphatic carbocycles. The van der Waals surface area contributed by atoms with Crippen LogP contribution >= 0.6 is 0 Å². The van der Waals surface area contributed by atoms with Gasteiger partial charge < -0.3 is 21.3 Å². The minimum atomic E-state index is -0.277. The SMILES string of the molecule is O=C(CC(=O)NC1CCCC2CCCNC21)Nc1cccc2c1NCC=C2. The number of benzene rings is 1. The van der Waals surface area contributed by atoms with Gasteiger partial charge in [0.1, 0.15) is 6.42 Å². The minimum absolute atomic E-state index is 0.139. The zero-order valence-electron chi connectivity index (χ0n) is 15.6. The monoisotopic (exact) mass is 368 g/mol. The number of carbonyl (C=O) groups is 2. The van der Waals surface area contributed by atoms with Gasteiger partial charge in [-0.25, -0.2) is 0 Å². The Morgan fingerprint density at radius 2 is 2.00 bits per heavy atom. The molecule has 4 N–H and O–H groups in total. The van der Waals surface area contributed by atoms with Crippen molar-refractivity contribution in [2.75, 3.05) is 23.7 Å². The van der Waals surface area contributed by atoms with E-state index >= 15 is 0 Å². The van der Waals surface area contributed by atoms with E-state index in [9.17, 15) is 9.59 Å². The molecule has 0 radical (unpaired) electrons. The predicted molar refractivity (Wildman–Crippen MR) is 108 cm³/mol. The fourth-order valence-corrected chi connectivity index (χ4v) is 4.67. The molecule has 2 heterocycles. The Morgan fingerprint density at radius 3 is 2.93 bits per heavy atom. The molecule has 2 aliphatic heterocycles. The van der Waals surface area contributed by atoms with E-state index in [4.69, 9.17) is 0 Å². The number of amides is 2. The van der Waals surface area contributed by atoms with Gasteiger partial charge in [-0.15, -0.1) is 0 Å². The van der Waals surface area contributed by atoms with Crippen molar-refractivity contribution < 1.29 is 9.59 Å². The van der Waals surface area contributed by atoms with E-state index in [-0.39, 0.29) is 24.3 Å². The first-order chi connectivity index (χ1) is 13.2. The second kappa shape index (κ2) is 8.13. The molecule has 0 bridgehead atoms. The van der Waals surface area contributed by atoms with Crippen LogP contribution in [0.2, 0.25) is 0 Å². The van der Waals surface area contributed by atoms with Gasteiger partial charge in [-0.3, -0.25) is 9.59 Å². The molecule has 3 aliphatic rings. The van der Waals surface area contributed by atoms with Crippen molar-refractivity contribution in [3.8, 4) is 0 Å². The third kappa shape index (κ3) is 4.16. The second-order valence-corrected chi connectivity index (χ2v) is 7.77. The molecule has 6 nitrogen and oxygen atoms in total. The summed E-state index contributed by atoms with van der Waals surface area (Å²) >= 11 is 0. The van der Waals surface area contributed by atoms with E-state index < -0.39 is 0 Å². The zero-order valence-corrected chi connectivity index (χ0v) is 15.6. The van der Waals surface area contributed by atoms with Crippen LogP contribution in [0.5, 0.6) is 0 Å². The molecule has 1 saturated carbocycles. The van der Waals surface area contributed by atoms with E-state index in [0.29, 0.717) is 12.0 Å². The Morgan fingerprint density at radius 1 is 1.11 bits per heavy atom. The minimum Gasteiger partial charge on any atom is -0.379 e. The van der Waals surface area contributed by atoms with Crippen LogP contribution in [0.15, 0.2) is 24.3 Å². The van der Waals surface area contributed by atoms with Crippen molar-refractivity contribution in [3.63, 3.8) is 0 Å². The first-order valence-corrected chi connectivity index (χ1v) is 10.1. The normalized spacial score (nSPS) is 26.3.